The summed E-state index contributed by atoms with van der Waals surface area (Å²) in [5.74, 6) is -0.276. The van der Waals surface area contributed by atoms with Gasteiger partial charge in [-0.3, -0.25) is 9.59 Å². The number of amides is 2. The fourth-order valence-corrected chi connectivity index (χ4v) is 6.39. The standard InChI is InChI=1S/C24H27N3O5S/c1-16-23(28)25-20-14-19(10-11-22(20)32-16)33(30,31)26-12-4-8-18(15-26)24(29)27-13-5-7-17-6-2-3-9-21(17)27/h2-3,6,9-11,14,16,18H,4-5,7-8,12-13,15H2,1H3,(H,25,28)/t16-,18-/m1/s1. The van der Waals surface area contributed by atoms with Gasteiger partial charge in [0.25, 0.3) is 5.91 Å². The molecule has 174 valence electrons. The van der Waals surface area contributed by atoms with Crippen LogP contribution in [0.15, 0.2) is 47.4 Å². The van der Waals surface area contributed by atoms with Crippen molar-refractivity contribution in [2.75, 3.05) is 29.9 Å². The van der Waals surface area contributed by atoms with E-state index in [1.54, 1.807) is 13.0 Å². The molecule has 0 bridgehead atoms. The molecule has 1 saturated heterocycles. The van der Waals surface area contributed by atoms with Gasteiger partial charge in [-0.15, -0.1) is 0 Å². The molecule has 9 heteroatoms. The van der Waals surface area contributed by atoms with E-state index in [2.05, 4.69) is 5.32 Å². The lowest BCUT2D eigenvalue weighted by molar-refractivity contribution is -0.124. The monoisotopic (exact) mass is 469 g/mol. The predicted octanol–water partition coefficient (Wildman–Crippen LogP) is 2.79. The minimum atomic E-state index is -3.83. The van der Waals surface area contributed by atoms with Crippen LogP contribution in [0.25, 0.3) is 0 Å². The maximum absolute atomic E-state index is 13.4. The van der Waals surface area contributed by atoms with Gasteiger partial charge in [0, 0.05) is 25.3 Å². The summed E-state index contributed by atoms with van der Waals surface area (Å²) in [4.78, 5) is 27.3. The second-order valence-corrected chi connectivity index (χ2v) is 10.8. The van der Waals surface area contributed by atoms with Crippen molar-refractivity contribution >= 4 is 33.2 Å². The Labute approximate surface area is 193 Å². The highest BCUT2D eigenvalue weighted by Crippen LogP contribution is 2.35. The zero-order valence-corrected chi connectivity index (χ0v) is 19.3. The van der Waals surface area contributed by atoms with Crippen LogP contribution >= 0.6 is 0 Å². The molecule has 1 N–H and O–H groups in total. The number of hydrogen-bond donors (Lipinski definition) is 1. The molecule has 3 aliphatic heterocycles. The van der Waals surface area contributed by atoms with Gasteiger partial charge >= 0.3 is 0 Å². The van der Waals surface area contributed by atoms with E-state index in [0.717, 1.165) is 24.1 Å². The minimum absolute atomic E-state index is 0.0119. The van der Waals surface area contributed by atoms with Crippen molar-refractivity contribution in [2.24, 2.45) is 5.92 Å². The van der Waals surface area contributed by atoms with E-state index in [0.29, 0.717) is 37.4 Å². The van der Waals surface area contributed by atoms with Crippen LogP contribution < -0.4 is 15.0 Å². The Hall–Kier alpha value is -2.91. The molecule has 0 unspecified atom stereocenters. The van der Waals surface area contributed by atoms with Crippen molar-refractivity contribution in [3.05, 3.63) is 48.0 Å². The molecule has 0 saturated carbocycles. The van der Waals surface area contributed by atoms with Gasteiger partial charge in [0.2, 0.25) is 15.9 Å². The lowest BCUT2D eigenvalue weighted by atomic mass is 9.95. The van der Waals surface area contributed by atoms with Crippen LogP contribution in [0.2, 0.25) is 0 Å². The van der Waals surface area contributed by atoms with Crippen LogP contribution in [0.3, 0.4) is 0 Å². The second-order valence-electron chi connectivity index (χ2n) is 8.83. The van der Waals surface area contributed by atoms with Crippen molar-refractivity contribution in [3.8, 4) is 5.75 Å². The zero-order chi connectivity index (χ0) is 23.2. The molecule has 1 fully saturated rings. The third-order valence-electron chi connectivity index (χ3n) is 6.63. The highest BCUT2D eigenvalue weighted by atomic mass is 32.2. The first-order valence-electron chi connectivity index (χ1n) is 11.4. The van der Waals surface area contributed by atoms with Crippen LogP contribution in [0, 0.1) is 5.92 Å². The minimum Gasteiger partial charge on any atom is -0.479 e. The summed E-state index contributed by atoms with van der Waals surface area (Å²) in [5, 5.41) is 2.70. The molecule has 2 aromatic carbocycles. The maximum Gasteiger partial charge on any atom is 0.265 e. The first kappa shape index (κ1) is 21.9. The quantitative estimate of drug-likeness (QED) is 0.746. The number of fused-ring (bicyclic) bond motifs is 2. The molecule has 0 aliphatic carbocycles. The van der Waals surface area contributed by atoms with Gasteiger partial charge in [0.1, 0.15) is 5.75 Å². The molecular formula is C24H27N3O5S. The van der Waals surface area contributed by atoms with Crippen molar-refractivity contribution < 1.29 is 22.7 Å². The number of piperidine rings is 1. The summed E-state index contributed by atoms with van der Waals surface area (Å²) in [7, 11) is -3.83. The van der Waals surface area contributed by atoms with Crippen molar-refractivity contribution in [2.45, 2.75) is 43.6 Å². The number of aryl methyl sites for hydroxylation is 1. The van der Waals surface area contributed by atoms with Crippen LogP contribution in [-0.2, 0) is 26.0 Å². The van der Waals surface area contributed by atoms with E-state index >= 15 is 0 Å². The summed E-state index contributed by atoms with van der Waals surface area (Å²) in [6.45, 7) is 2.80. The van der Waals surface area contributed by atoms with E-state index in [-0.39, 0.29) is 29.2 Å². The summed E-state index contributed by atoms with van der Waals surface area (Å²) < 4.78 is 33.7. The third kappa shape index (κ3) is 4.00. The molecule has 2 amide bonds. The Morgan fingerprint density at radius 2 is 1.94 bits per heavy atom. The van der Waals surface area contributed by atoms with Gasteiger partial charge in [0.05, 0.1) is 16.5 Å². The third-order valence-corrected chi connectivity index (χ3v) is 8.49. The van der Waals surface area contributed by atoms with Crippen molar-refractivity contribution in [3.63, 3.8) is 0 Å². The molecule has 3 heterocycles. The lowest BCUT2D eigenvalue weighted by Gasteiger charge is -2.36. The number of anilines is 2. The van der Waals surface area contributed by atoms with Crippen molar-refractivity contribution in [1.82, 2.24) is 4.31 Å². The van der Waals surface area contributed by atoms with Crippen LogP contribution in [0.1, 0.15) is 31.7 Å². The maximum atomic E-state index is 13.4. The van der Waals surface area contributed by atoms with Gasteiger partial charge < -0.3 is 15.0 Å². The largest absolute Gasteiger partial charge is 0.479 e. The fraction of sp³-hybridized carbons (Fsp3) is 0.417. The molecular weight excluding hydrogens is 442 g/mol. The number of carbonyl (C=O) groups excluding carboxylic acids is 2. The molecule has 0 aromatic heterocycles. The molecule has 3 aliphatic rings. The summed E-state index contributed by atoms with van der Waals surface area (Å²) in [6.07, 6.45) is 2.50. The number of carbonyl (C=O) groups is 2. The van der Waals surface area contributed by atoms with Gasteiger partial charge in [0.15, 0.2) is 6.10 Å². The predicted molar refractivity (Wildman–Crippen MR) is 124 cm³/mol. The Bertz CT molecular complexity index is 1210. The summed E-state index contributed by atoms with van der Waals surface area (Å²) in [5.41, 5.74) is 2.44. The molecule has 0 radical (unpaired) electrons. The number of sulfonamides is 1. The van der Waals surface area contributed by atoms with E-state index in [4.69, 9.17) is 4.74 Å². The molecule has 2 aromatic rings. The van der Waals surface area contributed by atoms with E-state index in [1.807, 2.05) is 29.2 Å². The van der Waals surface area contributed by atoms with Gasteiger partial charge in [-0.05, 0) is 62.4 Å². The normalized spacial score (nSPS) is 23.2. The van der Waals surface area contributed by atoms with Crippen LogP contribution in [-0.4, -0.2) is 50.3 Å². The number of nitrogens with one attached hydrogen (secondary N) is 1. The molecule has 0 spiro atoms. The van der Waals surface area contributed by atoms with Gasteiger partial charge in [-0.25, -0.2) is 8.42 Å². The highest BCUT2D eigenvalue weighted by molar-refractivity contribution is 7.89. The second kappa shape index (κ2) is 8.46. The van der Waals surface area contributed by atoms with E-state index < -0.39 is 16.1 Å². The van der Waals surface area contributed by atoms with E-state index in [1.165, 1.54) is 16.4 Å². The number of nitrogens with zero attached hydrogens (tertiary/aromatic N) is 2. The first-order chi connectivity index (χ1) is 15.8. The number of rotatable bonds is 3. The average Bonchev–Trinajstić information content (AvgIpc) is 2.83. The fourth-order valence-electron chi connectivity index (χ4n) is 4.84. The Kier molecular flexibility index (Phi) is 5.62. The van der Waals surface area contributed by atoms with Crippen LogP contribution in [0.4, 0.5) is 11.4 Å². The number of benzene rings is 2. The Morgan fingerprint density at radius 1 is 1.12 bits per heavy atom. The lowest BCUT2D eigenvalue weighted by Crippen LogP contribution is -2.48. The molecule has 8 nitrogen and oxygen atoms in total. The Balaban J connectivity index is 1.36. The summed E-state index contributed by atoms with van der Waals surface area (Å²) >= 11 is 0. The van der Waals surface area contributed by atoms with E-state index in [9.17, 15) is 18.0 Å². The molecule has 2 atom stereocenters. The van der Waals surface area contributed by atoms with Crippen molar-refractivity contribution in [1.29, 1.82) is 0 Å². The van der Waals surface area contributed by atoms with Crippen LogP contribution in [0.5, 0.6) is 5.75 Å². The van der Waals surface area contributed by atoms with Gasteiger partial charge in [-0.2, -0.15) is 4.31 Å². The SMILES string of the molecule is C[C@H]1Oc2ccc(S(=O)(=O)N3CCC[C@@H](C(=O)N4CCCc5ccccc54)C3)cc2NC1=O. The van der Waals surface area contributed by atoms with Gasteiger partial charge in [-0.1, -0.05) is 18.2 Å². The number of para-hydroxylation sites is 1. The number of hydrogen-bond acceptors (Lipinski definition) is 5. The molecule has 33 heavy (non-hydrogen) atoms. The Morgan fingerprint density at radius 3 is 2.79 bits per heavy atom. The average molecular weight is 470 g/mol. The molecule has 5 rings (SSSR count). The number of ether oxygens (including phenoxy) is 1. The zero-order valence-electron chi connectivity index (χ0n) is 18.5. The first-order valence-corrected chi connectivity index (χ1v) is 12.8. The smallest absolute Gasteiger partial charge is 0.265 e. The summed E-state index contributed by atoms with van der Waals surface area (Å²) in [6, 6.07) is 12.4. The highest BCUT2D eigenvalue weighted by Gasteiger charge is 2.37. The topological polar surface area (TPSA) is 96.0 Å².